The van der Waals surface area contributed by atoms with Crippen molar-refractivity contribution in [3.05, 3.63) is 197 Å². The molecule has 0 aromatic rings. The Labute approximate surface area is 365 Å². The van der Waals surface area contributed by atoms with E-state index in [0.29, 0.717) is 10.5 Å². The molecule has 0 amide bonds. The SMILES string of the molecule is CC(=C/S(=O)(=O)O)/C=C(C)/C=C(C)/C=C(C)/C=C(C)/C=C(C)/C=C(C)/C=C(C)/C=C(C)/C=C(C)/C=C(C)/C=C(C)/C=C(C)/C=C(C)/C=C(C)/C=C(C)/C=C(\C)S(=O)OOO. The van der Waals surface area contributed by atoms with Crippen LogP contribution in [0.5, 0.6) is 0 Å². The molecule has 9 heteroatoms. The third kappa shape index (κ3) is 28.9. The van der Waals surface area contributed by atoms with Crippen molar-refractivity contribution in [3.8, 4) is 0 Å². The van der Waals surface area contributed by atoms with Gasteiger partial charge in [-0.2, -0.15) is 8.42 Å². The van der Waals surface area contributed by atoms with Gasteiger partial charge in [0.1, 0.15) is 0 Å². The second-order valence-corrected chi connectivity index (χ2v) is 18.3. The Morgan fingerprint density at radius 3 is 0.683 bits per heavy atom. The van der Waals surface area contributed by atoms with Crippen molar-refractivity contribution in [2.45, 2.75) is 118 Å². The smallest absolute Gasteiger partial charge is 0.282 e. The lowest BCUT2D eigenvalue weighted by molar-refractivity contribution is -0.434. The standard InChI is InChI=1S/C51H70O7S2/c1-35(18-36(2)20-38(4)22-40(6)24-42(8)26-44(10)28-46(12)30-48(14)32-50(16)34-60(54,55)56)19-37(3)21-39(5)23-41(7)25-43(9)27-45(11)29-47(13)31-49(15)33-51(17)59(53)58-57-52/h18-34,52H,1-17H3,(H,54,55,56)/b35-18+,36-20+,37-19+,38-22+,39-21+,40-24+,41-23+,42-26+,43-25+,44-28+,45-27+,46-30+,47-29+,48-32+,49-31+,50-34-,51-33+. The van der Waals surface area contributed by atoms with Gasteiger partial charge in [0, 0.05) is 4.91 Å². The molecule has 60 heavy (non-hydrogen) atoms. The van der Waals surface area contributed by atoms with Gasteiger partial charge < -0.3 is 0 Å². The van der Waals surface area contributed by atoms with Gasteiger partial charge in [0.05, 0.1) is 5.41 Å². The van der Waals surface area contributed by atoms with Crippen LogP contribution in [0.25, 0.3) is 0 Å². The minimum absolute atomic E-state index is 0.418. The highest BCUT2D eigenvalue weighted by Crippen LogP contribution is 2.17. The molecule has 1 unspecified atom stereocenters. The number of rotatable bonds is 20. The van der Waals surface area contributed by atoms with Crippen LogP contribution in [0, 0.1) is 0 Å². The van der Waals surface area contributed by atoms with Gasteiger partial charge in [-0.05, 0) is 135 Å². The molecule has 0 heterocycles. The monoisotopic (exact) mass is 858 g/mol. The van der Waals surface area contributed by atoms with Crippen LogP contribution in [0.2, 0.25) is 0 Å². The summed E-state index contributed by atoms with van der Waals surface area (Å²) in [5.74, 6) is 0. The lowest BCUT2D eigenvalue weighted by atomic mass is 10.0. The molecule has 328 valence electrons. The summed E-state index contributed by atoms with van der Waals surface area (Å²) in [6.07, 6.45) is 33.3. The summed E-state index contributed by atoms with van der Waals surface area (Å²) in [5, 5.41) is 12.7. The Morgan fingerprint density at radius 1 is 0.350 bits per heavy atom. The maximum Gasteiger partial charge on any atom is 0.287 e. The van der Waals surface area contributed by atoms with Crippen molar-refractivity contribution in [2.75, 3.05) is 0 Å². The van der Waals surface area contributed by atoms with Crippen molar-refractivity contribution in [3.63, 3.8) is 0 Å². The number of hydrogen-bond donors (Lipinski definition) is 2. The van der Waals surface area contributed by atoms with Gasteiger partial charge in [0.15, 0.2) is 0 Å². The average Bonchev–Trinajstić information content (AvgIpc) is 3.02. The van der Waals surface area contributed by atoms with Crippen LogP contribution in [0.4, 0.5) is 0 Å². The molecule has 0 aromatic heterocycles. The molecule has 0 aliphatic carbocycles. The summed E-state index contributed by atoms with van der Waals surface area (Å²) < 4.78 is 47.2. The van der Waals surface area contributed by atoms with E-state index in [2.05, 4.69) is 158 Å². The summed E-state index contributed by atoms with van der Waals surface area (Å²) in [4.78, 5) is 0.418. The average molecular weight is 859 g/mol. The molecule has 0 saturated carbocycles. The van der Waals surface area contributed by atoms with E-state index in [0.717, 1.165) is 72.3 Å². The minimum Gasteiger partial charge on any atom is -0.282 e. The molecule has 0 aliphatic rings. The Hall–Kier alpha value is -4.48. The summed E-state index contributed by atoms with van der Waals surface area (Å²) in [6, 6.07) is 0. The largest absolute Gasteiger partial charge is 0.287 e. The van der Waals surface area contributed by atoms with E-state index in [9.17, 15) is 12.6 Å². The van der Waals surface area contributed by atoms with Gasteiger partial charge >= 0.3 is 0 Å². The molecular weight excluding hydrogens is 789 g/mol. The van der Waals surface area contributed by atoms with E-state index in [1.165, 1.54) is 16.7 Å². The summed E-state index contributed by atoms with van der Waals surface area (Å²) in [5.41, 5.74) is 16.9. The predicted molar refractivity (Wildman–Crippen MR) is 258 cm³/mol. The highest BCUT2D eigenvalue weighted by atomic mass is 32.2. The molecule has 0 aliphatic heterocycles. The normalized spacial score (nSPS) is 17.9. The Balaban J connectivity index is 5.81. The van der Waals surface area contributed by atoms with Gasteiger partial charge in [-0.25, -0.2) is 9.47 Å². The Bertz CT molecular complexity index is 2240. The molecule has 0 rings (SSSR count). The molecule has 0 saturated heterocycles. The van der Waals surface area contributed by atoms with E-state index < -0.39 is 21.2 Å². The van der Waals surface area contributed by atoms with Gasteiger partial charge in [-0.1, -0.05) is 179 Å². The van der Waals surface area contributed by atoms with Crippen molar-refractivity contribution < 1.29 is 31.8 Å². The van der Waals surface area contributed by atoms with E-state index in [-0.39, 0.29) is 0 Å². The second kappa shape index (κ2) is 28.1. The fraction of sp³-hybridized carbons (Fsp3) is 0.333. The van der Waals surface area contributed by atoms with Crippen LogP contribution in [-0.4, -0.2) is 22.4 Å². The van der Waals surface area contributed by atoms with E-state index in [1.54, 1.807) is 26.0 Å². The van der Waals surface area contributed by atoms with Gasteiger partial charge in [-0.3, -0.25) is 4.55 Å². The second-order valence-electron chi connectivity index (χ2n) is 15.8. The first kappa shape index (κ1) is 55.5. The van der Waals surface area contributed by atoms with Crippen LogP contribution in [0.3, 0.4) is 0 Å². The zero-order chi connectivity index (χ0) is 46.3. The Morgan fingerprint density at radius 2 is 0.517 bits per heavy atom. The molecule has 0 bridgehead atoms. The van der Waals surface area contributed by atoms with Crippen LogP contribution < -0.4 is 0 Å². The van der Waals surface area contributed by atoms with Crippen molar-refractivity contribution in [1.82, 2.24) is 0 Å². The van der Waals surface area contributed by atoms with Crippen LogP contribution in [-0.2, 0) is 30.6 Å². The maximum atomic E-state index is 11.7. The minimum atomic E-state index is -4.16. The zero-order valence-electron chi connectivity index (χ0n) is 39.1. The summed E-state index contributed by atoms with van der Waals surface area (Å²) in [6.45, 7) is 34.1. The maximum absolute atomic E-state index is 11.7. The fourth-order valence-corrected chi connectivity index (χ4v) is 7.71. The first-order valence-corrected chi connectivity index (χ1v) is 22.2. The zero-order valence-corrected chi connectivity index (χ0v) is 40.7. The first-order valence-electron chi connectivity index (χ1n) is 19.7. The van der Waals surface area contributed by atoms with Crippen molar-refractivity contribution in [2.24, 2.45) is 0 Å². The summed E-state index contributed by atoms with van der Waals surface area (Å²) in [7, 11) is -4.16. The van der Waals surface area contributed by atoms with E-state index >= 15 is 0 Å². The van der Waals surface area contributed by atoms with E-state index in [4.69, 9.17) is 9.81 Å². The van der Waals surface area contributed by atoms with Gasteiger partial charge in [0.2, 0.25) is 11.1 Å². The molecule has 0 aromatic carbocycles. The lowest BCUT2D eigenvalue weighted by Crippen LogP contribution is -1.97. The van der Waals surface area contributed by atoms with Crippen LogP contribution in [0.15, 0.2) is 197 Å². The molecule has 2 N–H and O–H groups in total. The third-order valence-corrected chi connectivity index (χ3v) is 9.45. The first-order chi connectivity index (χ1) is 27.7. The molecule has 1 atom stereocenters. The Kier molecular flexibility index (Phi) is 26.0. The van der Waals surface area contributed by atoms with Gasteiger partial charge in [-0.15, -0.1) is 0 Å². The summed E-state index contributed by atoms with van der Waals surface area (Å²) >= 11 is -1.87. The molecule has 0 radical (unpaired) electrons. The number of allylic oxidation sites excluding steroid dienone is 33. The third-order valence-electron chi connectivity index (χ3n) is 7.95. The fourth-order valence-electron chi connectivity index (χ4n) is 6.73. The molecule has 7 nitrogen and oxygen atoms in total. The van der Waals surface area contributed by atoms with Crippen LogP contribution in [0.1, 0.15) is 118 Å². The molecule has 0 spiro atoms. The predicted octanol–water partition coefficient (Wildman–Crippen LogP) is 15.0. The molecular formula is C51H70O7S2. The van der Waals surface area contributed by atoms with Crippen molar-refractivity contribution >= 4 is 21.2 Å². The topological polar surface area (TPSA) is 110 Å². The highest BCUT2D eigenvalue weighted by Gasteiger charge is 2.04. The van der Waals surface area contributed by atoms with Crippen LogP contribution >= 0.6 is 0 Å². The van der Waals surface area contributed by atoms with Gasteiger partial charge in [0.25, 0.3) is 10.1 Å². The quantitative estimate of drug-likeness (QED) is 0.0543. The number of hydrogen-bond acceptors (Lipinski definition) is 6. The molecule has 0 fully saturated rings. The van der Waals surface area contributed by atoms with Crippen molar-refractivity contribution in [1.29, 1.82) is 0 Å². The van der Waals surface area contributed by atoms with E-state index in [1.807, 2.05) is 39.8 Å². The lowest BCUT2D eigenvalue weighted by Gasteiger charge is -2.02. The highest BCUT2D eigenvalue weighted by molar-refractivity contribution is 7.88.